The van der Waals surface area contributed by atoms with E-state index in [1.54, 1.807) is 20.8 Å². The quantitative estimate of drug-likeness (QED) is 0.615. The van der Waals surface area contributed by atoms with Crippen LogP contribution in [0.4, 0.5) is 5.69 Å². The smallest absolute Gasteiger partial charge is 0.247 e. The molecule has 0 saturated carbocycles. The maximum Gasteiger partial charge on any atom is 0.247 e. The molecular formula is C18H26N2O7S3. The highest BCUT2D eigenvalue weighted by molar-refractivity contribution is 7.94. The molecule has 2 aliphatic heterocycles. The Morgan fingerprint density at radius 3 is 2.27 bits per heavy atom. The second kappa shape index (κ2) is 7.28. The maximum absolute atomic E-state index is 13.2. The molecule has 2 fully saturated rings. The molecule has 0 radical (unpaired) electrons. The largest absolute Gasteiger partial charge is 0.273 e. The van der Waals surface area contributed by atoms with Crippen LogP contribution in [0.5, 0.6) is 0 Å². The summed E-state index contributed by atoms with van der Waals surface area (Å²) in [6.45, 7) is 6.37. The summed E-state index contributed by atoms with van der Waals surface area (Å²) in [5.41, 5.74) is -0.696. The van der Waals surface area contributed by atoms with E-state index in [-0.39, 0.29) is 46.4 Å². The van der Waals surface area contributed by atoms with Gasteiger partial charge in [-0.15, -0.1) is 0 Å². The molecule has 1 aromatic rings. The minimum atomic E-state index is -4.00. The first kappa shape index (κ1) is 23.2. The molecule has 0 aliphatic carbocycles. The Balaban J connectivity index is 2.00. The highest BCUT2D eigenvalue weighted by Crippen LogP contribution is 2.37. The number of hydrogen-bond donors (Lipinski definition) is 0. The predicted octanol–water partition coefficient (Wildman–Crippen LogP) is 0.895. The van der Waals surface area contributed by atoms with Gasteiger partial charge >= 0.3 is 0 Å². The van der Waals surface area contributed by atoms with E-state index in [0.29, 0.717) is 0 Å². The average molecular weight is 479 g/mol. The highest BCUT2D eigenvalue weighted by Gasteiger charge is 2.50. The van der Waals surface area contributed by atoms with Gasteiger partial charge in [0.15, 0.2) is 9.84 Å². The van der Waals surface area contributed by atoms with Crippen molar-refractivity contribution < 1.29 is 30.0 Å². The standard InChI is InChI=1S/C18H26N2O7S3/c1-5-19(15-8-9-28(22,23)11-15)30(26,27)16-7-6-14(10-13(16)2)20-17(21)18(3,4)12-29(20,24)25/h6-7,10,15H,5,8-9,11-12H2,1-4H3/t15-/m1/s1. The monoisotopic (exact) mass is 478 g/mol. The van der Waals surface area contributed by atoms with Crippen LogP contribution in [-0.4, -0.2) is 65.3 Å². The van der Waals surface area contributed by atoms with Crippen LogP contribution < -0.4 is 4.31 Å². The molecule has 168 valence electrons. The van der Waals surface area contributed by atoms with E-state index in [1.165, 1.54) is 29.4 Å². The summed E-state index contributed by atoms with van der Waals surface area (Å²) in [6, 6.07) is 3.31. The van der Waals surface area contributed by atoms with Crippen molar-refractivity contribution in [1.29, 1.82) is 0 Å². The van der Waals surface area contributed by atoms with Gasteiger partial charge < -0.3 is 0 Å². The number of sulfone groups is 1. The number of hydrogen-bond acceptors (Lipinski definition) is 7. The summed E-state index contributed by atoms with van der Waals surface area (Å²) in [4.78, 5) is 12.5. The summed E-state index contributed by atoms with van der Waals surface area (Å²) in [6.07, 6.45) is 0.238. The summed E-state index contributed by atoms with van der Waals surface area (Å²) in [5, 5.41) is 0. The molecular weight excluding hydrogens is 452 g/mol. The van der Waals surface area contributed by atoms with Crippen LogP contribution in [0.1, 0.15) is 32.8 Å². The third-order valence-corrected chi connectivity index (χ3v) is 11.4. The summed E-state index contributed by atoms with van der Waals surface area (Å²) < 4.78 is 77.0. The van der Waals surface area contributed by atoms with E-state index in [9.17, 15) is 30.0 Å². The van der Waals surface area contributed by atoms with Crippen molar-refractivity contribution >= 4 is 41.5 Å². The van der Waals surface area contributed by atoms with Crippen molar-refractivity contribution in [3.63, 3.8) is 0 Å². The summed E-state index contributed by atoms with van der Waals surface area (Å²) >= 11 is 0. The van der Waals surface area contributed by atoms with Gasteiger partial charge in [0.05, 0.1) is 33.3 Å². The number of nitrogens with zero attached hydrogens (tertiary/aromatic N) is 2. The molecule has 12 heteroatoms. The van der Waals surface area contributed by atoms with Crippen molar-refractivity contribution in [2.45, 2.75) is 45.1 Å². The lowest BCUT2D eigenvalue weighted by molar-refractivity contribution is -0.123. The number of carbonyl (C=O) groups excluding carboxylic acids is 1. The number of anilines is 1. The predicted molar refractivity (Wildman–Crippen MR) is 113 cm³/mol. The lowest BCUT2D eigenvalue weighted by atomic mass is 9.95. The molecule has 0 aromatic heterocycles. The Hall–Kier alpha value is -1.50. The van der Waals surface area contributed by atoms with Gasteiger partial charge in [0.2, 0.25) is 26.0 Å². The first-order chi connectivity index (χ1) is 13.6. The number of benzene rings is 1. The molecule has 0 spiro atoms. The van der Waals surface area contributed by atoms with E-state index in [1.807, 2.05) is 0 Å². The van der Waals surface area contributed by atoms with E-state index in [2.05, 4.69) is 0 Å². The number of rotatable bonds is 5. The summed E-state index contributed by atoms with van der Waals surface area (Å²) in [5.74, 6) is -1.15. The fourth-order valence-electron chi connectivity index (χ4n) is 4.06. The van der Waals surface area contributed by atoms with Gasteiger partial charge in [0.25, 0.3) is 0 Å². The third kappa shape index (κ3) is 3.90. The normalized spacial score (nSPS) is 25.2. The average Bonchev–Trinajstić information content (AvgIpc) is 3.00. The Kier molecular flexibility index (Phi) is 5.62. The van der Waals surface area contributed by atoms with Crippen molar-refractivity contribution in [3.8, 4) is 0 Å². The SMILES string of the molecule is CCN([C@@H]1CCS(=O)(=O)C1)S(=O)(=O)c1ccc(N2C(=O)C(C)(C)CS2(=O)=O)cc1C. The van der Waals surface area contributed by atoms with E-state index >= 15 is 0 Å². The minimum Gasteiger partial charge on any atom is -0.273 e. The van der Waals surface area contributed by atoms with Crippen LogP contribution in [0, 0.1) is 12.3 Å². The van der Waals surface area contributed by atoms with Crippen molar-refractivity contribution in [2.75, 3.05) is 28.1 Å². The van der Waals surface area contributed by atoms with E-state index < -0.39 is 47.2 Å². The number of aryl methyl sites for hydroxylation is 1. The maximum atomic E-state index is 13.2. The van der Waals surface area contributed by atoms with Crippen LogP contribution in [0.2, 0.25) is 0 Å². The molecule has 2 heterocycles. The van der Waals surface area contributed by atoms with Crippen LogP contribution in [0.3, 0.4) is 0 Å². The molecule has 0 bridgehead atoms. The van der Waals surface area contributed by atoms with E-state index in [0.717, 1.165) is 4.31 Å². The Bertz CT molecular complexity index is 1200. The lowest BCUT2D eigenvalue weighted by Gasteiger charge is -2.27. The number of sulfonamides is 2. The molecule has 3 rings (SSSR count). The molecule has 1 amide bonds. The summed E-state index contributed by atoms with van der Waals surface area (Å²) in [7, 11) is -11.1. The minimum absolute atomic E-state index is 0.0410. The van der Waals surface area contributed by atoms with Crippen LogP contribution in [0.25, 0.3) is 0 Å². The Labute approximate surface area is 178 Å². The first-order valence-corrected chi connectivity index (χ1v) is 14.4. The van der Waals surface area contributed by atoms with Gasteiger partial charge in [-0.25, -0.2) is 29.6 Å². The molecule has 0 N–H and O–H groups in total. The lowest BCUT2D eigenvalue weighted by Crippen LogP contribution is -2.41. The van der Waals surface area contributed by atoms with Crippen molar-refractivity contribution in [2.24, 2.45) is 5.41 Å². The fraction of sp³-hybridized carbons (Fsp3) is 0.611. The topological polar surface area (TPSA) is 126 Å². The second-order valence-electron chi connectivity index (χ2n) is 8.42. The molecule has 30 heavy (non-hydrogen) atoms. The Morgan fingerprint density at radius 2 is 1.83 bits per heavy atom. The molecule has 0 unspecified atom stereocenters. The van der Waals surface area contributed by atoms with Crippen LogP contribution in [0.15, 0.2) is 23.1 Å². The zero-order valence-corrected chi connectivity index (χ0v) is 19.8. The van der Waals surface area contributed by atoms with Crippen LogP contribution >= 0.6 is 0 Å². The van der Waals surface area contributed by atoms with Gasteiger partial charge in [-0.05, 0) is 51.0 Å². The molecule has 1 atom stereocenters. The van der Waals surface area contributed by atoms with Gasteiger partial charge in [-0.2, -0.15) is 4.31 Å². The first-order valence-electron chi connectivity index (χ1n) is 9.53. The third-order valence-electron chi connectivity index (χ3n) is 5.49. The second-order valence-corrected chi connectivity index (χ2v) is 14.3. The molecule has 1 aromatic carbocycles. The van der Waals surface area contributed by atoms with Gasteiger partial charge in [0.1, 0.15) is 0 Å². The zero-order valence-electron chi connectivity index (χ0n) is 17.3. The fourth-order valence-corrected chi connectivity index (χ4v) is 9.86. The van der Waals surface area contributed by atoms with E-state index in [4.69, 9.17) is 0 Å². The number of carbonyl (C=O) groups is 1. The van der Waals surface area contributed by atoms with Crippen LogP contribution in [-0.2, 0) is 34.7 Å². The van der Waals surface area contributed by atoms with Crippen molar-refractivity contribution in [3.05, 3.63) is 23.8 Å². The van der Waals surface area contributed by atoms with Crippen molar-refractivity contribution in [1.82, 2.24) is 4.31 Å². The Morgan fingerprint density at radius 1 is 1.20 bits per heavy atom. The highest BCUT2D eigenvalue weighted by atomic mass is 32.2. The van der Waals surface area contributed by atoms with Gasteiger partial charge in [-0.1, -0.05) is 6.92 Å². The van der Waals surface area contributed by atoms with Gasteiger partial charge in [-0.3, -0.25) is 4.79 Å². The molecule has 2 aliphatic rings. The van der Waals surface area contributed by atoms with Gasteiger partial charge in [0, 0.05) is 12.6 Å². The number of amides is 1. The molecule has 9 nitrogen and oxygen atoms in total. The molecule has 2 saturated heterocycles. The zero-order chi connectivity index (χ0) is 22.7.